The van der Waals surface area contributed by atoms with Crippen LogP contribution in [0.3, 0.4) is 0 Å². The molecule has 3 aromatic rings. The molecule has 4 rings (SSSR count). The summed E-state index contributed by atoms with van der Waals surface area (Å²) in [6, 6.07) is 14.3. The summed E-state index contributed by atoms with van der Waals surface area (Å²) >= 11 is 0. The number of H-pyrrole nitrogens is 1. The van der Waals surface area contributed by atoms with Gasteiger partial charge in [0.05, 0.1) is 0 Å². The van der Waals surface area contributed by atoms with Gasteiger partial charge in [-0.05, 0) is 67.3 Å². The molecule has 1 fully saturated rings. The molecule has 0 bridgehead atoms. The van der Waals surface area contributed by atoms with Crippen molar-refractivity contribution in [1.82, 2.24) is 26.2 Å². The van der Waals surface area contributed by atoms with Crippen molar-refractivity contribution < 1.29 is 93.0 Å². The molecule has 2 heterocycles. The van der Waals surface area contributed by atoms with Crippen molar-refractivity contribution >= 4 is 48.4 Å². The van der Waals surface area contributed by atoms with Crippen molar-refractivity contribution in [3.05, 3.63) is 94.1 Å². The Bertz CT molecular complexity index is 1580. The number of amides is 2. The fourth-order valence-electron chi connectivity index (χ4n) is 4.50. The maximum atomic E-state index is 11.5. The predicted octanol–water partition coefficient (Wildman–Crippen LogP) is 6.91. The van der Waals surface area contributed by atoms with Gasteiger partial charge in [0.25, 0.3) is 0 Å². The Morgan fingerprint density at radius 2 is 1.18 bits per heavy atom. The van der Waals surface area contributed by atoms with Crippen LogP contribution in [0.4, 0.5) is 9.59 Å². The third-order valence-electron chi connectivity index (χ3n) is 7.79. The number of rotatable bonds is 15. The van der Waals surface area contributed by atoms with Crippen LogP contribution in [0.2, 0.25) is 0 Å². The Balaban J connectivity index is -0.000000231. The standard InChI is InChI=1S/C12H11NO4.C11H11N5O4.2C6H15P.C4H8O.2Au.B.N3/c1-2-8-17-12(16)13-10(11(14)15)9-6-4-3-5-7-9;17-10(18)9(8-4-2-1-3-5-8)13-11(19)20-7-16-6-12-14-15-16;2*1-4-7(5-2)6-3;1-2-4-5-3-1;;;;1-3-2/h1,3-7,10H,8H2,(H,13,16)(H,14,15);1-5,9H,7H2,(H,12,15)(H,13,19)(H,17,18);2*4-6H2,1-3H3;1-4H2;;;;/q;;;;;2*+1;;-1/t10-;9-;;;;;;;/m11......./s1. The molecule has 349 valence electrons. The van der Waals surface area contributed by atoms with E-state index < -0.39 is 36.2 Å². The number of ether oxygens (including phenoxy) is 3. The molecule has 1 aromatic heterocycles. The third-order valence-corrected chi connectivity index (χ3v) is 13.2. The first-order valence-corrected chi connectivity index (χ1v) is 22.8. The van der Waals surface area contributed by atoms with Crippen molar-refractivity contribution in [3.63, 3.8) is 0 Å². The molecule has 23 heteroatoms. The van der Waals surface area contributed by atoms with E-state index >= 15 is 0 Å². The molecule has 0 spiro atoms. The third kappa shape index (κ3) is 35.8. The summed E-state index contributed by atoms with van der Waals surface area (Å²) in [6.07, 6.45) is 16.6. The van der Waals surface area contributed by atoms with Crippen molar-refractivity contribution in [3.8, 4) is 12.3 Å². The first-order chi connectivity index (χ1) is 28.4. The van der Waals surface area contributed by atoms with Gasteiger partial charge in [0.2, 0.25) is 6.73 Å². The number of nitrogens with zero attached hydrogens (tertiary/aromatic N) is 6. The van der Waals surface area contributed by atoms with Crippen LogP contribution in [0.25, 0.3) is 16.0 Å². The fraction of sp³-hybridized carbons (Fsp3) is 0.513. The Morgan fingerprint density at radius 1 is 0.806 bits per heavy atom. The number of alkyl carbamates (subject to hydrolysis) is 2. The van der Waals surface area contributed by atoms with Crippen LogP contribution >= 0.6 is 15.8 Å². The number of carboxylic acids is 2. The van der Waals surface area contributed by atoms with Gasteiger partial charge in [-0.2, -0.15) is 0 Å². The number of aromatic amines is 1. The van der Waals surface area contributed by atoms with Crippen molar-refractivity contribution in [2.24, 2.45) is 0 Å². The number of carboxylic acid groups (broad SMARTS) is 2. The van der Waals surface area contributed by atoms with E-state index in [1.807, 2.05) is 0 Å². The van der Waals surface area contributed by atoms with Gasteiger partial charge in [-0.3, -0.25) is 4.91 Å². The molecule has 0 unspecified atom stereocenters. The molecule has 1 aliphatic rings. The Kier molecular flexibility index (Phi) is 50.7. The average molecular weight is 1270 g/mol. The van der Waals surface area contributed by atoms with Crippen molar-refractivity contribution in [2.45, 2.75) is 73.2 Å². The molecule has 2 aromatic carbocycles. The van der Waals surface area contributed by atoms with E-state index in [4.69, 9.17) is 37.2 Å². The summed E-state index contributed by atoms with van der Waals surface area (Å²) in [4.78, 5) is 46.4. The van der Waals surface area contributed by atoms with Crippen LogP contribution in [-0.4, -0.2) is 115 Å². The van der Waals surface area contributed by atoms with E-state index in [0.717, 1.165) is 13.2 Å². The molecule has 2 amide bonds. The molecular weight excluding hydrogens is 1210 g/mol. The molecule has 62 heavy (non-hydrogen) atoms. The zero-order chi connectivity index (χ0) is 44.7. The number of terminal acetylenes is 1. The van der Waals surface area contributed by atoms with Gasteiger partial charge in [0.1, 0.15) is 5.21 Å². The molecule has 1 saturated heterocycles. The van der Waals surface area contributed by atoms with Gasteiger partial charge in [0, 0.05) is 21.6 Å². The monoisotopic (exact) mass is 1270 g/mol. The Hall–Kier alpha value is -3.77. The summed E-state index contributed by atoms with van der Waals surface area (Å²) in [6.45, 7) is 15.3. The minimum Gasteiger partial charge on any atom is -0.479 e. The van der Waals surface area contributed by atoms with Crippen LogP contribution < -0.4 is 15.3 Å². The number of hydrogen-bond donors (Lipinski definition) is 5. The normalized spacial score (nSPS) is 11.1. The number of tetrazole rings is 1. The largest absolute Gasteiger partial charge is 1.00 e. The summed E-state index contributed by atoms with van der Waals surface area (Å²) in [5.74, 6) is -0.247. The molecule has 0 saturated carbocycles. The number of benzene rings is 2. The van der Waals surface area contributed by atoms with E-state index in [-0.39, 0.29) is 66.5 Å². The number of aliphatic carboxylic acids is 2. The first kappa shape index (κ1) is 67.3. The number of nitrogens with one attached hydrogen (secondary N) is 3. The van der Waals surface area contributed by atoms with Crippen LogP contribution in [0.15, 0.2) is 60.7 Å². The molecule has 3 radical (unpaired) electrons. The van der Waals surface area contributed by atoms with Crippen LogP contribution in [0, 0.1) is 18.7 Å². The molecule has 18 nitrogen and oxygen atoms in total. The van der Waals surface area contributed by atoms with E-state index in [1.165, 1.54) is 59.4 Å². The number of hydrogen-bond acceptors (Lipinski definition) is 9. The number of aromatic nitrogens is 4. The number of carbonyl (C=O) groups excluding carboxylic acids is 2. The van der Waals surface area contributed by atoms with E-state index in [0.29, 0.717) is 27.0 Å². The zero-order valence-electron chi connectivity index (χ0n) is 36.0. The van der Waals surface area contributed by atoms with Crippen molar-refractivity contribution in [2.75, 3.05) is 56.8 Å². The Labute approximate surface area is 401 Å². The topological polar surface area (TPSA) is 265 Å². The van der Waals surface area contributed by atoms with Gasteiger partial charge in [-0.25, -0.2) is 19.2 Å². The predicted molar refractivity (Wildman–Crippen MR) is 235 cm³/mol. The smallest absolute Gasteiger partial charge is 0.479 e. The number of carbonyl (C=O) groups is 4. The minimum atomic E-state index is -1.18. The quantitative estimate of drug-likeness (QED) is 0.0153. The maximum absolute atomic E-state index is 11.5. The van der Waals surface area contributed by atoms with Gasteiger partial charge < -0.3 is 50.8 Å². The van der Waals surface area contributed by atoms with E-state index in [2.05, 4.69) is 84.7 Å². The van der Waals surface area contributed by atoms with Crippen LogP contribution in [-0.2, 0) is 75.3 Å². The van der Waals surface area contributed by atoms with Gasteiger partial charge >= 0.3 is 68.9 Å². The summed E-state index contributed by atoms with van der Waals surface area (Å²) < 4.78 is 15.5. The zero-order valence-corrected chi connectivity index (χ0v) is 42.1. The first-order valence-electron chi connectivity index (χ1n) is 19.0. The fourth-order valence-corrected chi connectivity index (χ4v) is 7.18. The second-order valence-electron chi connectivity index (χ2n) is 11.5. The molecule has 5 N–H and O–H groups in total. The van der Waals surface area contributed by atoms with E-state index in [9.17, 15) is 19.2 Å². The minimum absolute atomic E-state index is 0. The van der Waals surface area contributed by atoms with Crippen LogP contribution in [0.1, 0.15) is 77.6 Å². The SMILES string of the molecule is C#CCOC(=O)N[C@@H](C(=O)O)c1ccccc1.C1CCOC1.CCP(CC)CC.CCP(CC)CC.O=C(N[C@@H](C(=O)O)c1ccccc1)OC[n+]1[c-]nn[nH]1.[Au+].[Au+].[B].[N-]=[N+]=[N-]. The van der Waals surface area contributed by atoms with E-state index in [1.54, 1.807) is 60.7 Å². The van der Waals surface area contributed by atoms with Gasteiger partial charge in [-0.15, -0.1) is 32.6 Å². The molecule has 1 aliphatic heterocycles. The molecule has 0 aliphatic carbocycles. The maximum Gasteiger partial charge on any atom is 1.00 e. The second-order valence-corrected chi connectivity index (χ2v) is 17.9. The molecule has 2 atom stereocenters. The summed E-state index contributed by atoms with van der Waals surface area (Å²) in [7, 11) is 0.892. The molecular formula is C39H60Au2BN9O9P2+. The van der Waals surface area contributed by atoms with Gasteiger partial charge in [-0.1, -0.05) is 108 Å². The second kappa shape index (κ2) is 46.7. The summed E-state index contributed by atoms with van der Waals surface area (Å²) in [5, 5.41) is 31.7. The average Bonchev–Trinajstić information content (AvgIpc) is 4.02. The summed E-state index contributed by atoms with van der Waals surface area (Å²) in [5.41, 5.74) is 14.4. The van der Waals surface area contributed by atoms with Crippen molar-refractivity contribution in [1.29, 1.82) is 0 Å². The Morgan fingerprint density at radius 3 is 1.44 bits per heavy atom. The van der Waals surface area contributed by atoms with Gasteiger partial charge in [0.15, 0.2) is 18.7 Å². The van der Waals surface area contributed by atoms with Crippen LogP contribution in [0.5, 0.6) is 0 Å².